The van der Waals surface area contributed by atoms with Crippen LogP contribution in [0.25, 0.3) is 0 Å². The standard InChI is InChI=1S/C16H21N3OS/c1-12-15(21-11-18-12)8-9-19(2)16(20)14(17)10-13-6-4-3-5-7-13/h3-7,11,14H,8-10,17H2,1-2H3/t14-/m0/s1. The van der Waals surface area contributed by atoms with Crippen molar-refractivity contribution in [2.75, 3.05) is 13.6 Å². The van der Waals surface area contributed by atoms with Gasteiger partial charge in [0.25, 0.3) is 0 Å². The van der Waals surface area contributed by atoms with Gasteiger partial charge < -0.3 is 10.6 Å². The van der Waals surface area contributed by atoms with Crippen LogP contribution in [0.15, 0.2) is 35.8 Å². The van der Waals surface area contributed by atoms with E-state index in [0.29, 0.717) is 13.0 Å². The molecule has 5 heteroatoms. The molecular formula is C16H21N3OS. The molecule has 1 aromatic heterocycles. The second-order valence-corrected chi connectivity index (χ2v) is 6.11. The van der Waals surface area contributed by atoms with E-state index in [0.717, 1.165) is 17.7 Å². The smallest absolute Gasteiger partial charge is 0.239 e. The molecule has 21 heavy (non-hydrogen) atoms. The number of nitrogens with zero attached hydrogens (tertiary/aromatic N) is 2. The average molecular weight is 303 g/mol. The van der Waals surface area contributed by atoms with Crippen molar-refractivity contribution in [1.82, 2.24) is 9.88 Å². The largest absolute Gasteiger partial charge is 0.344 e. The van der Waals surface area contributed by atoms with E-state index in [1.54, 1.807) is 16.2 Å². The maximum Gasteiger partial charge on any atom is 0.239 e. The van der Waals surface area contributed by atoms with E-state index in [-0.39, 0.29) is 5.91 Å². The van der Waals surface area contributed by atoms with Gasteiger partial charge in [-0.1, -0.05) is 30.3 Å². The minimum absolute atomic E-state index is 0.0129. The topological polar surface area (TPSA) is 59.2 Å². The third-order valence-electron chi connectivity index (χ3n) is 3.51. The lowest BCUT2D eigenvalue weighted by molar-refractivity contribution is -0.131. The van der Waals surface area contributed by atoms with Crippen LogP contribution in [-0.2, 0) is 17.6 Å². The number of amides is 1. The molecule has 0 unspecified atom stereocenters. The molecule has 0 radical (unpaired) electrons. The molecule has 0 aliphatic carbocycles. The molecule has 0 aliphatic rings. The van der Waals surface area contributed by atoms with Crippen molar-refractivity contribution in [1.29, 1.82) is 0 Å². The summed E-state index contributed by atoms with van der Waals surface area (Å²) in [6.07, 6.45) is 1.40. The van der Waals surface area contributed by atoms with Gasteiger partial charge in [0.1, 0.15) is 0 Å². The molecule has 0 spiro atoms. The van der Waals surface area contributed by atoms with Gasteiger partial charge in [-0.05, 0) is 18.9 Å². The molecule has 0 aliphatic heterocycles. The van der Waals surface area contributed by atoms with Gasteiger partial charge in [-0.25, -0.2) is 4.98 Å². The van der Waals surface area contributed by atoms with Crippen LogP contribution in [0.4, 0.5) is 0 Å². The van der Waals surface area contributed by atoms with Gasteiger partial charge in [0.2, 0.25) is 5.91 Å². The average Bonchev–Trinajstić information content (AvgIpc) is 2.90. The Kier molecular flexibility index (Phi) is 5.47. The molecule has 1 heterocycles. The van der Waals surface area contributed by atoms with E-state index in [1.807, 2.05) is 49.8 Å². The number of nitrogens with two attached hydrogens (primary N) is 1. The van der Waals surface area contributed by atoms with E-state index in [9.17, 15) is 4.79 Å². The molecule has 2 rings (SSSR count). The summed E-state index contributed by atoms with van der Waals surface area (Å²) in [6.45, 7) is 2.67. The number of hydrogen-bond donors (Lipinski definition) is 1. The maximum absolute atomic E-state index is 12.3. The van der Waals surface area contributed by atoms with Crippen molar-refractivity contribution < 1.29 is 4.79 Å². The van der Waals surface area contributed by atoms with Crippen molar-refractivity contribution in [2.24, 2.45) is 5.73 Å². The van der Waals surface area contributed by atoms with Crippen molar-refractivity contribution in [2.45, 2.75) is 25.8 Å². The zero-order chi connectivity index (χ0) is 15.2. The van der Waals surface area contributed by atoms with E-state index >= 15 is 0 Å². The fourth-order valence-electron chi connectivity index (χ4n) is 2.18. The van der Waals surface area contributed by atoms with Crippen molar-refractivity contribution in [3.05, 3.63) is 52.0 Å². The predicted molar refractivity (Wildman–Crippen MR) is 86.3 cm³/mol. The number of carbonyl (C=O) groups excluding carboxylic acids is 1. The molecule has 0 saturated carbocycles. The normalized spacial score (nSPS) is 12.1. The lowest BCUT2D eigenvalue weighted by Gasteiger charge is -2.21. The van der Waals surface area contributed by atoms with Gasteiger partial charge in [0.05, 0.1) is 17.2 Å². The highest BCUT2D eigenvalue weighted by Gasteiger charge is 2.18. The Morgan fingerprint density at radius 3 is 2.71 bits per heavy atom. The fraction of sp³-hybridized carbons (Fsp3) is 0.375. The summed E-state index contributed by atoms with van der Waals surface area (Å²) in [6, 6.07) is 9.38. The van der Waals surface area contributed by atoms with Crippen molar-refractivity contribution in [3.8, 4) is 0 Å². The second kappa shape index (κ2) is 7.33. The highest BCUT2D eigenvalue weighted by atomic mass is 32.1. The number of aryl methyl sites for hydroxylation is 1. The molecule has 1 atom stereocenters. The van der Waals surface area contributed by atoms with Crippen LogP contribution >= 0.6 is 11.3 Å². The van der Waals surface area contributed by atoms with E-state index in [4.69, 9.17) is 5.73 Å². The molecule has 0 fully saturated rings. The Balaban J connectivity index is 1.85. The summed E-state index contributed by atoms with van der Waals surface area (Å²) < 4.78 is 0. The van der Waals surface area contributed by atoms with Gasteiger partial charge in [0, 0.05) is 24.9 Å². The fourth-order valence-corrected chi connectivity index (χ4v) is 2.95. The molecule has 0 bridgehead atoms. The lowest BCUT2D eigenvalue weighted by atomic mass is 10.1. The predicted octanol–water partition coefficient (Wildman–Crippen LogP) is 2.02. The van der Waals surface area contributed by atoms with Gasteiger partial charge in [-0.2, -0.15) is 0 Å². The quantitative estimate of drug-likeness (QED) is 0.888. The molecule has 1 aromatic carbocycles. The number of carbonyl (C=O) groups is 1. The molecule has 2 aromatic rings. The zero-order valence-electron chi connectivity index (χ0n) is 12.5. The maximum atomic E-state index is 12.3. The lowest BCUT2D eigenvalue weighted by Crippen LogP contribution is -2.43. The highest BCUT2D eigenvalue weighted by molar-refractivity contribution is 7.09. The SMILES string of the molecule is Cc1ncsc1CCN(C)C(=O)[C@@H](N)Cc1ccccc1. The number of rotatable bonds is 6. The van der Waals surface area contributed by atoms with Gasteiger partial charge in [-0.15, -0.1) is 11.3 Å². The van der Waals surface area contributed by atoms with E-state index < -0.39 is 6.04 Å². The Labute approximate surface area is 129 Å². The van der Waals surface area contributed by atoms with Crippen LogP contribution < -0.4 is 5.73 Å². The van der Waals surface area contributed by atoms with Gasteiger partial charge in [0.15, 0.2) is 0 Å². The molecule has 1 amide bonds. The summed E-state index contributed by atoms with van der Waals surface area (Å²) >= 11 is 1.63. The monoisotopic (exact) mass is 303 g/mol. The van der Waals surface area contributed by atoms with Crippen LogP contribution in [0.1, 0.15) is 16.1 Å². The van der Waals surface area contributed by atoms with Gasteiger partial charge >= 0.3 is 0 Å². The third-order valence-corrected chi connectivity index (χ3v) is 4.51. The minimum Gasteiger partial charge on any atom is -0.344 e. The Bertz CT molecular complexity index is 582. The first kappa shape index (κ1) is 15.7. The zero-order valence-corrected chi connectivity index (χ0v) is 13.3. The Hall–Kier alpha value is -1.72. The van der Waals surface area contributed by atoms with Crippen LogP contribution in [0.3, 0.4) is 0 Å². The summed E-state index contributed by atoms with van der Waals surface area (Å²) in [7, 11) is 1.81. The van der Waals surface area contributed by atoms with Crippen LogP contribution in [0, 0.1) is 6.92 Å². The Morgan fingerprint density at radius 2 is 2.10 bits per heavy atom. The molecule has 2 N–H and O–H groups in total. The molecular weight excluding hydrogens is 282 g/mol. The van der Waals surface area contributed by atoms with Crippen LogP contribution in [-0.4, -0.2) is 35.4 Å². The van der Waals surface area contributed by atoms with E-state index in [1.165, 1.54) is 4.88 Å². The van der Waals surface area contributed by atoms with Crippen molar-refractivity contribution in [3.63, 3.8) is 0 Å². The van der Waals surface area contributed by atoms with Crippen LogP contribution in [0.5, 0.6) is 0 Å². The number of aromatic nitrogens is 1. The van der Waals surface area contributed by atoms with Crippen molar-refractivity contribution >= 4 is 17.2 Å². The number of thiazole rings is 1. The number of likely N-dealkylation sites (N-methyl/N-ethyl adjacent to an activating group) is 1. The summed E-state index contributed by atoms with van der Waals surface area (Å²) in [5.74, 6) is -0.0129. The second-order valence-electron chi connectivity index (χ2n) is 5.17. The summed E-state index contributed by atoms with van der Waals surface area (Å²) in [5.41, 5.74) is 10.0. The molecule has 112 valence electrons. The molecule has 0 saturated heterocycles. The minimum atomic E-state index is -0.486. The third kappa shape index (κ3) is 4.37. The first-order valence-corrected chi connectivity index (χ1v) is 7.89. The summed E-state index contributed by atoms with van der Waals surface area (Å²) in [5, 5.41) is 0. The van der Waals surface area contributed by atoms with Gasteiger partial charge in [-0.3, -0.25) is 4.79 Å². The highest BCUT2D eigenvalue weighted by Crippen LogP contribution is 2.13. The molecule has 4 nitrogen and oxygen atoms in total. The van der Waals surface area contributed by atoms with Crippen LogP contribution in [0.2, 0.25) is 0 Å². The first-order chi connectivity index (χ1) is 10.1. The van der Waals surface area contributed by atoms with E-state index in [2.05, 4.69) is 4.98 Å². The number of hydrogen-bond acceptors (Lipinski definition) is 4. The summed E-state index contributed by atoms with van der Waals surface area (Å²) in [4.78, 5) is 19.4. The Morgan fingerprint density at radius 1 is 1.38 bits per heavy atom. The first-order valence-electron chi connectivity index (χ1n) is 7.01. The number of benzene rings is 1.